The molecule has 3 rings (SSSR count). The van der Waals surface area contributed by atoms with Gasteiger partial charge in [0.1, 0.15) is 0 Å². The Labute approximate surface area is 255 Å². The zero-order chi connectivity index (χ0) is 31.2. The fourth-order valence-corrected chi connectivity index (χ4v) is 4.19. The van der Waals surface area contributed by atoms with Gasteiger partial charge in [-0.25, -0.2) is 10.2 Å². The first kappa shape index (κ1) is 32.7. The van der Waals surface area contributed by atoms with Gasteiger partial charge in [0.2, 0.25) is 11.7 Å². The van der Waals surface area contributed by atoms with E-state index in [1.807, 2.05) is 0 Å². The number of amides is 2. The van der Waals surface area contributed by atoms with Crippen molar-refractivity contribution in [2.75, 3.05) is 35.0 Å². The zero-order valence-corrected chi connectivity index (χ0v) is 25.2. The molecular formula is C31H34ClN3O8. The van der Waals surface area contributed by atoms with Crippen molar-refractivity contribution in [1.29, 1.82) is 0 Å². The molecule has 0 heterocycles. The summed E-state index contributed by atoms with van der Waals surface area (Å²) in [5.74, 6) is 0.334. The Morgan fingerprint density at radius 1 is 0.814 bits per heavy atom. The third-order valence-corrected chi connectivity index (χ3v) is 6.51. The van der Waals surface area contributed by atoms with Crippen molar-refractivity contribution in [2.24, 2.45) is 5.10 Å². The third-order valence-electron chi connectivity index (χ3n) is 6.18. The normalized spacial score (nSPS) is 10.6. The van der Waals surface area contributed by atoms with E-state index < -0.39 is 5.97 Å². The van der Waals surface area contributed by atoms with Gasteiger partial charge in [0, 0.05) is 13.0 Å². The first-order valence-electron chi connectivity index (χ1n) is 13.4. The molecule has 0 unspecified atom stereocenters. The first-order valence-corrected chi connectivity index (χ1v) is 13.7. The van der Waals surface area contributed by atoms with Crippen molar-refractivity contribution >= 4 is 35.6 Å². The van der Waals surface area contributed by atoms with Crippen molar-refractivity contribution in [3.63, 3.8) is 0 Å². The summed E-state index contributed by atoms with van der Waals surface area (Å²) in [4.78, 5) is 37.2. The van der Waals surface area contributed by atoms with Gasteiger partial charge >= 0.3 is 5.97 Å². The number of hydrazone groups is 1. The maximum Gasteiger partial charge on any atom is 0.343 e. The number of hydrogen-bond acceptors (Lipinski definition) is 9. The Morgan fingerprint density at radius 3 is 2.16 bits per heavy atom. The molecule has 0 aliphatic rings. The molecule has 3 aromatic carbocycles. The zero-order valence-electron chi connectivity index (χ0n) is 24.4. The van der Waals surface area contributed by atoms with Gasteiger partial charge in [-0.2, -0.15) is 5.10 Å². The molecule has 2 N–H and O–H groups in total. The van der Waals surface area contributed by atoms with Crippen LogP contribution in [0.5, 0.6) is 28.7 Å². The quantitative estimate of drug-likeness (QED) is 0.0803. The molecule has 0 fully saturated rings. The molecular weight excluding hydrogens is 578 g/mol. The molecule has 11 nitrogen and oxygen atoms in total. The van der Waals surface area contributed by atoms with Crippen LogP contribution in [0.2, 0.25) is 5.02 Å². The molecule has 0 atom stereocenters. The maximum absolute atomic E-state index is 12.9. The largest absolute Gasteiger partial charge is 0.493 e. The van der Waals surface area contributed by atoms with Gasteiger partial charge < -0.3 is 29.0 Å². The highest BCUT2D eigenvalue weighted by Gasteiger charge is 2.19. The van der Waals surface area contributed by atoms with Crippen LogP contribution in [0.25, 0.3) is 0 Å². The smallest absolute Gasteiger partial charge is 0.343 e. The van der Waals surface area contributed by atoms with E-state index >= 15 is 0 Å². The van der Waals surface area contributed by atoms with Crippen molar-refractivity contribution in [1.82, 2.24) is 10.7 Å². The number of nitrogens with zero attached hydrogens (tertiary/aromatic N) is 1. The van der Waals surface area contributed by atoms with E-state index in [4.69, 9.17) is 35.3 Å². The lowest BCUT2D eigenvalue weighted by atomic mass is 10.1. The Morgan fingerprint density at radius 2 is 1.51 bits per heavy atom. The molecule has 0 bridgehead atoms. The van der Waals surface area contributed by atoms with Crippen LogP contribution in [-0.4, -0.2) is 59.0 Å². The lowest BCUT2D eigenvalue weighted by Crippen LogP contribution is -2.24. The van der Waals surface area contributed by atoms with Crippen LogP contribution in [0.4, 0.5) is 0 Å². The van der Waals surface area contributed by atoms with E-state index in [0.717, 1.165) is 12.8 Å². The summed E-state index contributed by atoms with van der Waals surface area (Å²) < 4.78 is 26.8. The van der Waals surface area contributed by atoms with Gasteiger partial charge in [-0.05, 0) is 60.9 Å². The first-order chi connectivity index (χ1) is 20.8. The highest BCUT2D eigenvalue weighted by molar-refractivity contribution is 6.33. The average molecular weight is 612 g/mol. The molecule has 12 heteroatoms. The lowest BCUT2D eigenvalue weighted by molar-refractivity contribution is -0.121. The minimum absolute atomic E-state index is 0.186. The number of esters is 1. The second-order valence-corrected chi connectivity index (χ2v) is 9.46. The predicted octanol–water partition coefficient (Wildman–Crippen LogP) is 5.03. The average Bonchev–Trinajstić information content (AvgIpc) is 3.02. The number of nitrogens with one attached hydrogen (secondary N) is 2. The predicted molar refractivity (Wildman–Crippen MR) is 162 cm³/mol. The van der Waals surface area contributed by atoms with Crippen LogP contribution in [0.3, 0.4) is 0 Å². The summed E-state index contributed by atoms with van der Waals surface area (Å²) in [6.07, 6.45) is 3.87. The molecule has 0 aliphatic heterocycles. The maximum atomic E-state index is 12.9. The molecule has 3 aromatic rings. The molecule has 43 heavy (non-hydrogen) atoms. The van der Waals surface area contributed by atoms with Crippen molar-refractivity contribution in [3.05, 3.63) is 76.3 Å². The Hall–Kier alpha value is -4.77. The van der Waals surface area contributed by atoms with Crippen LogP contribution in [0.1, 0.15) is 52.0 Å². The molecule has 2 amide bonds. The number of carbonyl (C=O) groups is 3. The van der Waals surface area contributed by atoms with Gasteiger partial charge in [-0.15, -0.1) is 0 Å². The Bertz CT molecular complexity index is 1440. The Kier molecular flexibility index (Phi) is 12.7. The lowest BCUT2D eigenvalue weighted by Gasteiger charge is -2.14. The van der Waals surface area contributed by atoms with Gasteiger partial charge in [-0.1, -0.05) is 30.2 Å². The van der Waals surface area contributed by atoms with Crippen LogP contribution in [0.15, 0.2) is 59.7 Å². The number of ether oxygens (including phenoxy) is 5. The summed E-state index contributed by atoms with van der Waals surface area (Å²) in [6.45, 7) is 0.486. The number of carbonyl (C=O) groups excluding carboxylic acids is 3. The van der Waals surface area contributed by atoms with Crippen molar-refractivity contribution in [2.45, 2.75) is 25.7 Å². The van der Waals surface area contributed by atoms with E-state index in [2.05, 4.69) is 15.8 Å². The van der Waals surface area contributed by atoms with Crippen LogP contribution >= 0.6 is 11.6 Å². The second-order valence-electron chi connectivity index (χ2n) is 9.05. The minimum Gasteiger partial charge on any atom is -0.493 e. The number of unbranched alkanes of at least 4 members (excludes halogenated alkanes) is 2. The number of halogens is 1. The number of hydrogen-bond donors (Lipinski definition) is 2. The van der Waals surface area contributed by atoms with Crippen LogP contribution in [0, 0.1) is 0 Å². The van der Waals surface area contributed by atoms with E-state index in [1.54, 1.807) is 42.5 Å². The van der Waals surface area contributed by atoms with Gasteiger partial charge in [-0.3, -0.25) is 9.59 Å². The standard InChI is InChI=1S/C31H34ClN3O8/c1-39-25-16-20(13-14-24(25)43-31(38)21-17-26(40-2)29(42-4)27(18-21)41-3)19-34-35-28(36)12-6-5-9-15-33-30(37)22-10-7-8-11-23(22)32/h7-8,10-11,13-14,16-19H,5-6,9,12,15H2,1-4H3,(H,33,37)(H,35,36)/b34-19+. The summed E-state index contributed by atoms with van der Waals surface area (Å²) in [5.41, 5.74) is 3.72. The van der Waals surface area contributed by atoms with Crippen molar-refractivity contribution < 1.29 is 38.1 Å². The van der Waals surface area contributed by atoms with Crippen LogP contribution < -0.4 is 34.4 Å². The summed E-state index contributed by atoms with van der Waals surface area (Å²) >= 11 is 6.03. The third kappa shape index (κ3) is 9.37. The van der Waals surface area contributed by atoms with E-state index in [9.17, 15) is 14.4 Å². The number of methoxy groups -OCH3 is 4. The summed E-state index contributed by atoms with van der Waals surface area (Å²) in [5, 5.41) is 7.22. The van der Waals surface area contributed by atoms with E-state index in [1.165, 1.54) is 46.8 Å². The summed E-state index contributed by atoms with van der Waals surface area (Å²) in [6, 6.07) is 14.7. The van der Waals surface area contributed by atoms with Gasteiger partial charge in [0.15, 0.2) is 23.0 Å². The monoisotopic (exact) mass is 611 g/mol. The van der Waals surface area contributed by atoms with Crippen LogP contribution in [-0.2, 0) is 4.79 Å². The molecule has 0 spiro atoms. The fourth-order valence-electron chi connectivity index (χ4n) is 3.97. The van der Waals surface area contributed by atoms with Gasteiger partial charge in [0.25, 0.3) is 5.91 Å². The van der Waals surface area contributed by atoms with Gasteiger partial charge in [0.05, 0.1) is 50.8 Å². The topological polar surface area (TPSA) is 134 Å². The number of rotatable bonds is 15. The SMILES string of the molecule is COc1cc(/C=N/NC(=O)CCCCCNC(=O)c2ccccc2Cl)ccc1OC(=O)c1cc(OC)c(OC)c(OC)c1. The Balaban J connectivity index is 1.46. The van der Waals surface area contributed by atoms with E-state index in [-0.39, 0.29) is 35.3 Å². The second kappa shape index (κ2) is 16.6. The molecule has 0 aromatic heterocycles. The highest BCUT2D eigenvalue weighted by Crippen LogP contribution is 2.38. The molecule has 0 saturated heterocycles. The molecule has 0 saturated carbocycles. The fraction of sp³-hybridized carbons (Fsp3) is 0.290. The van der Waals surface area contributed by atoms with Crippen molar-refractivity contribution in [3.8, 4) is 28.7 Å². The molecule has 228 valence electrons. The minimum atomic E-state index is -0.658. The molecule has 0 aliphatic carbocycles. The highest BCUT2D eigenvalue weighted by atomic mass is 35.5. The molecule has 0 radical (unpaired) electrons. The summed E-state index contributed by atoms with van der Waals surface area (Å²) in [7, 11) is 5.81. The van der Waals surface area contributed by atoms with E-state index in [0.29, 0.717) is 46.4 Å². The number of benzene rings is 3.